The quantitative estimate of drug-likeness (QED) is 0.368. The monoisotopic (exact) mass is 420 g/mol. The molecule has 1 saturated carbocycles. The number of hydrogen-bond acceptors (Lipinski definition) is 5. The van der Waals surface area contributed by atoms with Gasteiger partial charge in [-0.05, 0) is 51.5 Å². The number of nitrogens with zero attached hydrogens (tertiary/aromatic N) is 4. The van der Waals surface area contributed by atoms with Crippen molar-refractivity contribution < 1.29 is 13.3 Å². The summed E-state index contributed by atoms with van der Waals surface area (Å²) in [5, 5.41) is 4.08. The second-order valence-electron chi connectivity index (χ2n) is 8.53. The third kappa shape index (κ3) is 3.48. The molecule has 1 aliphatic carbocycles. The summed E-state index contributed by atoms with van der Waals surface area (Å²) >= 11 is 0. The number of halogens is 1. The predicted molar refractivity (Wildman–Crippen MR) is 116 cm³/mol. The Bertz CT molecular complexity index is 1210. The Balaban J connectivity index is 1.56. The lowest BCUT2D eigenvalue weighted by molar-refractivity contribution is 0.127. The summed E-state index contributed by atoms with van der Waals surface area (Å²) in [5.74, 6) is 1.84. The van der Waals surface area contributed by atoms with Gasteiger partial charge >= 0.3 is 0 Å². The van der Waals surface area contributed by atoms with E-state index in [-0.39, 0.29) is 0 Å². The first kappa shape index (κ1) is 19.7. The summed E-state index contributed by atoms with van der Waals surface area (Å²) < 4.78 is 27.7. The molecule has 0 aromatic carbocycles. The molecule has 0 radical (unpaired) electrons. The van der Waals surface area contributed by atoms with Crippen molar-refractivity contribution in [2.75, 3.05) is 0 Å². The number of fused-ring (bicyclic) bond motifs is 1. The van der Waals surface area contributed by atoms with Gasteiger partial charge in [-0.2, -0.15) is 0 Å². The predicted octanol–water partition coefficient (Wildman–Crippen LogP) is 6.05. The Morgan fingerprint density at radius 3 is 2.74 bits per heavy atom. The minimum atomic E-state index is -1.22. The van der Waals surface area contributed by atoms with E-state index < -0.39 is 5.67 Å². The van der Waals surface area contributed by atoms with Crippen LogP contribution in [0, 0.1) is 19.8 Å². The van der Waals surface area contributed by atoms with Crippen molar-refractivity contribution in [1.82, 2.24) is 19.7 Å². The summed E-state index contributed by atoms with van der Waals surface area (Å²) in [6.45, 7) is 8.30. The number of hydrogen-bond donors (Lipinski definition) is 0. The summed E-state index contributed by atoms with van der Waals surface area (Å²) in [6, 6.07) is 2.13. The van der Waals surface area contributed by atoms with Crippen LogP contribution in [0.3, 0.4) is 0 Å². The Kier molecular flexibility index (Phi) is 4.76. The molecular weight excluding hydrogens is 395 g/mol. The van der Waals surface area contributed by atoms with Crippen LogP contribution in [0.2, 0.25) is 0 Å². The Morgan fingerprint density at radius 2 is 2.10 bits per heavy atom. The Labute approximate surface area is 179 Å². The molecule has 1 aliphatic rings. The van der Waals surface area contributed by atoms with Gasteiger partial charge < -0.3 is 13.5 Å². The first-order chi connectivity index (χ1) is 15.0. The number of allylic oxidation sites excluding steroid dienone is 1. The molecule has 31 heavy (non-hydrogen) atoms. The summed E-state index contributed by atoms with van der Waals surface area (Å²) in [4.78, 5) is 8.84. The Hall–Kier alpha value is -3.22. The molecule has 5 rings (SSSR count). The molecule has 0 unspecified atom stereocenters. The fourth-order valence-corrected chi connectivity index (χ4v) is 4.70. The highest BCUT2D eigenvalue weighted by atomic mass is 19.1. The zero-order chi connectivity index (χ0) is 21.6. The van der Waals surface area contributed by atoms with Crippen molar-refractivity contribution in [3.05, 3.63) is 55.2 Å². The van der Waals surface area contributed by atoms with Gasteiger partial charge in [-0.15, -0.1) is 0 Å². The van der Waals surface area contributed by atoms with Gasteiger partial charge in [-0.3, -0.25) is 4.98 Å². The maximum atomic E-state index is 14.6. The molecule has 1 fully saturated rings. The highest BCUT2D eigenvalue weighted by molar-refractivity contribution is 5.93. The Morgan fingerprint density at radius 1 is 1.29 bits per heavy atom. The van der Waals surface area contributed by atoms with E-state index in [0.29, 0.717) is 24.5 Å². The molecular formula is C24H25FN4O2. The molecule has 7 heteroatoms. The number of pyridine rings is 1. The van der Waals surface area contributed by atoms with Crippen LogP contribution in [-0.2, 0) is 6.54 Å². The minimum Gasteiger partial charge on any atom is -0.443 e. The lowest BCUT2D eigenvalue weighted by Crippen LogP contribution is -2.28. The maximum absolute atomic E-state index is 14.6. The smallest absolute Gasteiger partial charge is 0.181 e. The fourth-order valence-electron chi connectivity index (χ4n) is 4.70. The maximum Gasteiger partial charge on any atom is 0.181 e. The summed E-state index contributed by atoms with van der Waals surface area (Å²) in [5.41, 5.74) is 4.30. The van der Waals surface area contributed by atoms with Crippen LogP contribution in [0.15, 0.2) is 52.6 Å². The number of aromatic nitrogens is 4. The highest BCUT2D eigenvalue weighted by Crippen LogP contribution is 2.39. The SMILES string of the molecule is C=CC1(F)CCC(Cn2cc(-c3cnco3)c3ncc(-c4c(C)noc4C)cc32)CC1. The third-order valence-corrected chi connectivity index (χ3v) is 6.49. The van der Waals surface area contributed by atoms with E-state index in [1.54, 1.807) is 6.20 Å². The third-order valence-electron chi connectivity index (χ3n) is 6.49. The van der Waals surface area contributed by atoms with Crippen molar-refractivity contribution >= 4 is 11.0 Å². The van der Waals surface area contributed by atoms with Crippen molar-refractivity contribution in [1.29, 1.82) is 0 Å². The van der Waals surface area contributed by atoms with Gasteiger partial charge in [-0.25, -0.2) is 9.37 Å². The van der Waals surface area contributed by atoms with Gasteiger partial charge in [0.25, 0.3) is 0 Å². The van der Waals surface area contributed by atoms with E-state index >= 15 is 0 Å². The molecule has 0 saturated heterocycles. The van der Waals surface area contributed by atoms with Crippen molar-refractivity contribution in [2.45, 2.75) is 51.7 Å². The lowest BCUT2D eigenvalue weighted by atomic mass is 9.80. The van der Waals surface area contributed by atoms with Crippen molar-refractivity contribution in [3.8, 4) is 22.5 Å². The molecule has 160 valence electrons. The van der Waals surface area contributed by atoms with Gasteiger partial charge in [0.2, 0.25) is 0 Å². The van der Waals surface area contributed by atoms with Crippen LogP contribution >= 0.6 is 0 Å². The van der Waals surface area contributed by atoms with Gasteiger partial charge in [0.05, 0.1) is 28.5 Å². The molecule has 0 bridgehead atoms. The first-order valence-corrected chi connectivity index (χ1v) is 10.6. The largest absolute Gasteiger partial charge is 0.443 e. The summed E-state index contributed by atoms with van der Waals surface area (Å²) in [6.07, 6.45) is 11.2. The standard InChI is InChI=1S/C24H25FN4O2/c1-4-24(25)7-5-17(6-8-24)12-29-13-19(21-11-26-14-30-21)23-20(29)9-18(10-27-23)22-15(2)28-31-16(22)3/h4,9-11,13-14,17H,1,5-8,12H2,2-3H3. The number of rotatable bonds is 5. The van der Waals surface area contributed by atoms with Crippen LogP contribution < -0.4 is 0 Å². The van der Waals surface area contributed by atoms with E-state index in [1.807, 2.05) is 20.0 Å². The van der Waals surface area contributed by atoms with Gasteiger partial charge in [0, 0.05) is 30.1 Å². The van der Waals surface area contributed by atoms with Gasteiger partial charge in [0.1, 0.15) is 11.4 Å². The van der Waals surface area contributed by atoms with E-state index in [1.165, 1.54) is 12.5 Å². The number of aryl methyl sites for hydroxylation is 2. The molecule has 0 amide bonds. The van der Waals surface area contributed by atoms with Crippen LogP contribution in [0.4, 0.5) is 4.39 Å². The number of oxazole rings is 1. The van der Waals surface area contributed by atoms with Gasteiger partial charge in [0.15, 0.2) is 12.2 Å². The van der Waals surface area contributed by atoms with E-state index in [4.69, 9.17) is 13.9 Å². The van der Waals surface area contributed by atoms with E-state index in [2.05, 4.69) is 33.5 Å². The second kappa shape index (κ2) is 7.48. The second-order valence-corrected chi connectivity index (χ2v) is 8.53. The van der Waals surface area contributed by atoms with Crippen molar-refractivity contribution in [3.63, 3.8) is 0 Å². The number of alkyl halides is 1. The lowest BCUT2D eigenvalue weighted by Gasteiger charge is -2.32. The average molecular weight is 420 g/mol. The molecule has 4 aromatic rings. The minimum absolute atomic E-state index is 0.393. The molecule has 0 atom stereocenters. The zero-order valence-corrected chi connectivity index (χ0v) is 17.8. The van der Waals surface area contributed by atoms with E-state index in [0.717, 1.165) is 58.6 Å². The van der Waals surface area contributed by atoms with Crippen LogP contribution in [-0.4, -0.2) is 25.4 Å². The topological polar surface area (TPSA) is 69.9 Å². The molecule has 6 nitrogen and oxygen atoms in total. The molecule has 4 aromatic heterocycles. The average Bonchev–Trinajstić information content (AvgIpc) is 3.50. The van der Waals surface area contributed by atoms with E-state index in [9.17, 15) is 4.39 Å². The first-order valence-electron chi connectivity index (χ1n) is 10.6. The normalized spacial score (nSPS) is 21.6. The molecule has 0 spiro atoms. The molecule has 4 heterocycles. The molecule has 0 aliphatic heterocycles. The van der Waals surface area contributed by atoms with Crippen molar-refractivity contribution in [2.24, 2.45) is 5.92 Å². The highest BCUT2D eigenvalue weighted by Gasteiger charge is 2.32. The van der Waals surface area contributed by atoms with Crippen LogP contribution in [0.1, 0.15) is 37.1 Å². The fraction of sp³-hybridized carbons (Fsp3) is 0.375. The molecule has 0 N–H and O–H groups in total. The van der Waals surface area contributed by atoms with Crippen LogP contribution in [0.5, 0.6) is 0 Å². The summed E-state index contributed by atoms with van der Waals surface area (Å²) in [7, 11) is 0. The van der Waals surface area contributed by atoms with Gasteiger partial charge in [-0.1, -0.05) is 17.8 Å². The van der Waals surface area contributed by atoms with Crippen LogP contribution in [0.25, 0.3) is 33.5 Å². The zero-order valence-electron chi connectivity index (χ0n) is 17.8.